The molecule has 1 aliphatic rings. The molecule has 1 atom stereocenters. The fraction of sp³-hybridized carbons (Fsp3) is 0.562. The van der Waals surface area contributed by atoms with Crippen LogP contribution in [-0.4, -0.2) is 37.1 Å². The predicted octanol–water partition coefficient (Wildman–Crippen LogP) is 2.60. The second-order valence-electron chi connectivity index (χ2n) is 5.29. The lowest BCUT2D eigenvalue weighted by Gasteiger charge is -2.24. The van der Waals surface area contributed by atoms with Crippen molar-refractivity contribution in [3.8, 4) is 0 Å². The maximum Gasteiger partial charge on any atom is 0.191 e. The Bertz CT molecular complexity index is 422. The zero-order chi connectivity index (χ0) is 14.2. The number of thioether (sulfide) groups is 1. The lowest BCUT2D eigenvalue weighted by molar-refractivity contribution is 0.582. The third kappa shape index (κ3) is 5.08. The van der Waals surface area contributed by atoms with Crippen LogP contribution in [0.3, 0.4) is 0 Å². The fourth-order valence-electron chi connectivity index (χ4n) is 2.32. The van der Waals surface area contributed by atoms with E-state index in [1.807, 2.05) is 18.8 Å². The molecule has 1 aromatic carbocycles. The standard InChI is InChI=1S/C16H25N3S/c1-13-5-7-14(8-6-13)9-10-18-16(17-2)19-15-4-3-11-20-12-15/h5-8,15H,3-4,9-12H2,1-2H3,(H2,17,18,19). The topological polar surface area (TPSA) is 36.4 Å². The normalized spacial score (nSPS) is 19.7. The van der Waals surface area contributed by atoms with Crippen molar-refractivity contribution in [3.63, 3.8) is 0 Å². The van der Waals surface area contributed by atoms with E-state index in [4.69, 9.17) is 0 Å². The highest BCUT2D eigenvalue weighted by Crippen LogP contribution is 2.16. The van der Waals surface area contributed by atoms with Crippen LogP contribution in [0.25, 0.3) is 0 Å². The molecule has 0 saturated carbocycles. The molecule has 1 unspecified atom stereocenters. The van der Waals surface area contributed by atoms with Crippen LogP contribution in [-0.2, 0) is 6.42 Å². The Hall–Kier alpha value is -1.16. The van der Waals surface area contributed by atoms with Crippen LogP contribution in [0.5, 0.6) is 0 Å². The van der Waals surface area contributed by atoms with Crippen LogP contribution in [0.2, 0.25) is 0 Å². The molecule has 0 aliphatic carbocycles. The second-order valence-corrected chi connectivity index (χ2v) is 6.44. The molecular weight excluding hydrogens is 266 g/mol. The van der Waals surface area contributed by atoms with Crippen LogP contribution in [0.15, 0.2) is 29.3 Å². The number of nitrogens with zero attached hydrogens (tertiary/aromatic N) is 1. The van der Waals surface area contributed by atoms with Gasteiger partial charge in [0.1, 0.15) is 0 Å². The van der Waals surface area contributed by atoms with Gasteiger partial charge in [-0.25, -0.2) is 0 Å². The fourth-order valence-corrected chi connectivity index (χ4v) is 3.39. The predicted molar refractivity (Wildman–Crippen MR) is 89.7 cm³/mol. The Labute approximate surface area is 126 Å². The minimum Gasteiger partial charge on any atom is -0.356 e. The van der Waals surface area contributed by atoms with Gasteiger partial charge in [0.15, 0.2) is 5.96 Å². The van der Waals surface area contributed by atoms with Crippen molar-refractivity contribution in [3.05, 3.63) is 35.4 Å². The molecule has 0 spiro atoms. The minimum absolute atomic E-state index is 0.569. The Morgan fingerprint density at radius 3 is 2.80 bits per heavy atom. The first-order chi connectivity index (χ1) is 9.78. The van der Waals surface area contributed by atoms with Gasteiger partial charge in [0.25, 0.3) is 0 Å². The van der Waals surface area contributed by atoms with Gasteiger partial charge in [-0.15, -0.1) is 0 Å². The van der Waals surface area contributed by atoms with E-state index in [0.717, 1.165) is 18.9 Å². The zero-order valence-electron chi connectivity index (χ0n) is 12.5. The molecule has 4 heteroatoms. The Kier molecular flexibility index (Phi) is 6.25. The number of hydrogen-bond donors (Lipinski definition) is 2. The molecular formula is C16H25N3S. The number of aryl methyl sites for hydroxylation is 1. The van der Waals surface area contributed by atoms with Crippen molar-refractivity contribution in [2.24, 2.45) is 4.99 Å². The molecule has 0 bridgehead atoms. The quantitative estimate of drug-likeness (QED) is 0.661. The molecule has 0 aromatic heterocycles. The number of rotatable bonds is 4. The van der Waals surface area contributed by atoms with Crippen molar-refractivity contribution in [1.29, 1.82) is 0 Å². The molecule has 2 N–H and O–H groups in total. The van der Waals surface area contributed by atoms with Gasteiger partial charge in [-0.3, -0.25) is 4.99 Å². The van der Waals surface area contributed by atoms with Crippen LogP contribution < -0.4 is 10.6 Å². The number of hydrogen-bond acceptors (Lipinski definition) is 2. The average molecular weight is 291 g/mol. The highest BCUT2D eigenvalue weighted by atomic mass is 32.2. The van der Waals surface area contributed by atoms with Crippen LogP contribution in [0, 0.1) is 6.92 Å². The number of guanidine groups is 1. The van der Waals surface area contributed by atoms with E-state index in [1.54, 1.807) is 0 Å². The summed E-state index contributed by atoms with van der Waals surface area (Å²) in [6.45, 7) is 3.04. The Morgan fingerprint density at radius 2 is 2.15 bits per heavy atom. The maximum absolute atomic E-state index is 4.31. The molecule has 2 rings (SSSR count). The summed E-state index contributed by atoms with van der Waals surface area (Å²) in [5, 5.41) is 6.93. The summed E-state index contributed by atoms with van der Waals surface area (Å²) in [6, 6.07) is 9.30. The molecule has 20 heavy (non-hydrogen) atoms. The molecule has 1 aliphatic heterocycles. The van der Waals surface area contributed by atoms with Crippen molar-refractivity contribution in [1.82, 2.24) is 10.6 Å². The molecule has 1 aromatic rings. The van der Waals surface area contributed by atoms with Gasteiger partial charge in [0.2, 0.25) is 0 Å². The van der Waals surface area contributed by atoms with E-state index in [1.165, 1.54) is 35.5 Å². The van der Waals surface area contributed by atoms with Gasteiger partial charge in [-0.2, -0.15) is 11.8 Å². The largest absolute Gasteiger partial charge is 0.356 e. The SMILES string of the molecule is CN=C(NCCc1ccc(C)cc1)NC1CCCSC1. The minimum atomic E-state index is 0.569. The van der Waals surface area contributed by atoms with E-state index in [-0.39, 0.29) is 0 Å². The summed E-state index contributed by atoms with van der Waals surface area (Å²) in [5.74, 6) is 3.43. The van der Waals surface area contributed by atoms with E-state index < -0.39 is 0 Å². The number of aliphatic imine (C=N–C) groups is 1. The van der Waals surface area contributed by atoms with Gasteiger partial charge in [0, 0.05) is 25.4 Å². The first-order valence-electron chi connectivity index (χ1n) is 7.38. The summed E-state index contributed by atoms with van der Waals surface area (Å²) in [5.41, 5.74) is 2.68. The number of nitrogens with one attached hydrogen (secondary N) is 2. The monoisotopic (exact) mass is 291 g/mol. The second kappa shape index (κ2) is 8.20. The van der Waals surface area contributed by atoms with Gasteiger partial charge in [-0.1, -0.05) is 29.8 Å². The van der Waals surface area contributed by atoms with Crippen molar-refractivity contribution >= 4 is 17.7 Å². The molecule has 0 amide bonds. The smallest absolute Gasteiger partial charge is 0.191 e. The third-order valence-electron chi connectivity index (χ3n) is 3.55. The summed E-state index contributed by atoms with van der Waals surface area (Å²) < 4.78 is 0. The maximum atomic E-state index is 4.31. The lowest BCUT2D eigenvalue weighted by Crippen LogP contribution is -2.46. The van der Waals surface area contributed by atoms with Crippen LogP contribution in [0.1, 0.15) is 24.0 Å². The average Bonchev–Trinajstić information content (AvgIpc) is 2.49. The van der Waals surface area contributed by atoms with Crippen molar-refractivity contribution in [2.45, 2.75) is 32.2 Å². The van der Waals surface area contributed by atoms with Gasteiger partial charge in [-0.05, 0) is 37.5 Å². The highest BCUT2D eigenvalue weighted by molar-refractivity contribution is 7.99. The van der Waals surface area contributed by atoms with E-state index in [2.05, 4.69) is 46.8 Å². The summed E-state index contributed by atoms with van der Waals surface area (Å²) in [7, 11) is 1.84. The van der Waals surface area contributed by atoms with Crippen molar-refractivity contribution in [2.75, 3.05) is 25.1 Å². The third-order valence-corrected chi connectivity index (χ3v) is 4.77. The van der Waals surface area contributed by atoms with E-state index >= 15 is 0 Å². The molecule has 1 fully saturated rings. The van der Waals surface area contributed by atoms with Crippen molar-refractivity contribution < 1.29 is 0 Å². The van der Waals surface area contributed by atoms with Crippen LogP contribution in [0.4, 0.5) is 0 Å². The first-order valence-corrected chi connectivity index (χ1v) is 8.54. The number of benzene rings is 1. The molecule has 0 radical (unpaired) electrons. The highest BCUT2D eigenvalue weighted by Gasteiger charge is 2.14. The Balaban J connectivity index is 1.72. The molecule has 110 valence electrons. The lowest BCUT2D eigenvalue weighted by atomic mass is 10.1. The Morgan fingerprint density at radius 1 is 1.35 bits per heavy atom. The van der Waals surface area contributed by atoms with E-state index in [9.17, 15) is 0 Å². The van der Waals surface area contributed by atoms with Gasteiger partial charge >= 0.3 is 0 Å². The molecule has 1 saturated heterocycles. The van der Waals surface area contributed by atoms with Crippen LogP contribution >= 0.6 is 11.8 Å². The molecule has 3 nitrogen and oxygen atoms in total. The van der Waals surface area contributed by atoms with E-state index in [0.29, 0.717) is 6.04 Å². The summed E-state index contributed by atoms with van der Waals surface area (Å²) in [6.07, 6.45) is 3.59. The van der Waals surface area contributed by atoms with Gasteiger partial charge in [0.05, 0.1) is 0 Å². The van der Waals surface area contributed by atoms with Gasteiger partial charge < -0.3 is 10.6 Å². The first kappa shape index (κ1) is 15.2. The molecule has 1 heterocycles. The summed E-state index contributed by atoms with van der Waals surface area (Å²) >= 11 is 2.03. The zero-order valence-corrected chi connectivity index (χ0v) is 13.3. The summed E-state index contributed by atoms with van der Waals surface area (Å²) in [4.78, 5) is 4.31.